The lowest BCUT2D eigenvalue weighted by molar-refractivity contribution is 0.0325. The van der Waals surface area contributed by atoms with Gasteiger partial charge >= 0.3 is 0 Å². The molecule has 1 fully saturated rings. The van der Waals surface area contributed by atoms with E-state index in [9.17, 15) is 0 Å². The molecule has 0 aromatic heterocycles. The van der Waals surface area contributed by atoms with Gasteiger partial charge in [-0.1, -0.05) is 20.8 Å². The molecule has 2 heteroatoms. The second-order valence-corrected chi connectivity index (χ2v) is 5.42. The molecule has 1 atom stereocenters. The normalized spacial score (nSPS) is 24.7. The Hall–Kier alpha value is -0.0800. The summed E-state index contributed by atoms with van der Waals surface area (Å²) in [5, 5.41) is 0. The van der Waals surface area contributed by atoms with Gasteiger partial charge in [-0.25, -0.2) is 0 Å². The van der Waals surface area contributed by atoms with E-state index >= 15 is 0 Å². The van der Waals surface area contributed by atoms with Crippen LogP contribution in [0.25, 0.3) is 0 Å². The monoisotopic (exact) mass is 184 g/mol. The van der Waals surface area contributed by atoms with E-state index in [1.54, 1.807) is 0 Å². The fourth-order valence-corrected chi connectivity index (χ4v) is 2.12. The molecule has 1 unspecified atom stereocenters. The van der Waals surface area contributed by atoms with Crippen molar-refractivity contribution in [2.45, 2.75) is 46.1 Å². The van der Waals surface area contributed by atoms with Crippen LogP contribution in [0, 0.1) is 5.41 Å². The van der Waals surface area contributed by atoms with Crippen LogP contribution in [0.4, 0.5) is 0 Å². The lowest BCUT2D eigenvalue weighted by Gasteiger charge is -2.48. The quantitative estimate of drug-likeness (QED) is 0.709. The maximum absolute atomic E-state index is 5.93. The van der Waals surface area contributed by atoms with E-state index in [0.29, 0.717) is 0 Å². The molecule has 0 aromatic carbocycles. The largest absolute Gasteiger partial charge is 0.329 e. The Labute approximate surface area is 82.5 Å². The molecular formula is C11H24N2. The molecule has 0 aliphatic carbocycles. The van der Waals surface area contributed by atoms with Crippen molar-refractivity contribution in [3.8, 4) is 0 Å². The number of nitrogens with two attached hydrogens (primary N) is 1. The Morgan fingerprint density at radius 2 is 1.54 bits per heavy atom. The maximum atomic E-state index is 5.93. The molecule has 0 radical (unpaired) electrons. The molecule has 78 valence electrons. The van der Waals surface area contributed by atoms with Crippen molar-refractivity contribution in [1.29, 1.82) is 0 Å². The summed E-state index contributed by atoms with van der Waals surface area (Å²) >= 11 is 0. The van der Waals surface area contributed by atoms with Crippen LogP contribution in [0.2, 0.25) is 0 Å². The van der Waals surface area contributed by atoms with Gasteiger partial charge in [0.05, 0.1) is 0 Å². The minimum Gasteiger partial charge on any atom is -0.329 e. The highest BCUT2D eigenvalue weighted by atomic mass is 15.2. The van der Waals surface area contributed by atoms with Crippen molar-refractivity contribution < 1.29 is 0 Å². The van der Waals surface area contributed by atoms with Crippen LogP contribution in [-0.2, 0) is 0 Å². The van der Waals surface area contributed by atoms with Crippen molar-refractivity contribution >= 4 is 0 Å². The van der Waals surface area contributed by atoms with E-state index in [-0.39, 0.29) is 11.0 Å². The molecule has 0 amide bonds. The Morgan fingerprint density at radius 3 is 1.85 bits per heavy atom. The fourth-order valence-electron chi connectivity index (χ4n) is 2.12. The van der Waals surface area contributed by atoms with Gasteiger partial charge in [0.1, 0.15) is 0 Å². The minimum absolute atomic E-state index is 0.170. The van der Waals surface area contributed by atoms with Crippen LogP contribution in [0.1, 0.15) is 40.5 Å². The first kappa shape index (κ1) is 11.0. The van der Waals surface area contributed by atoms with Crippen molar-refractivity contribution in [1.82, 2.24) is 4.90 Å². The first-order chi connectivity index (χ1) is 5.92. The van der Waals surface area contributed by atoms with Crippen LogP contribution in [0.3, 0.4) is 0 Å². The van der Waals surface area contributed by atoms with Gasteiger partial charge in [-0.2, -0.15) is 0 Å². The molecule has 1 saturated heterocycles. The van der Waals surface area contributed by atoms with E-state index in [1.165, 1.54) is 25.9 Å². The van der Waals surface area contributed by atoms with E-state index in [2.05, 4.69) is 32.6 Å². The van der Waals surface area contributed by atoms with Crippen molar-refractivity contribution in [3.05, 3.63) is 0 Å². The zero-order valence-electron chi connectivity index (χ0n) is 9.56. The van der Waals surface area contributed by atoms with Crippen molar-refractivity contribution in [2.24, 2.45) is 11.1 Å². The molecule has 0 aromatic rings. The molecular weight excluding hydrogens is 160 g/mol. The number of likely N-dealkylation sites (tertiary alicyclic amines) is 1. The first-order valence-corrected chi connectivity index (χ1v) is 5.37. The van der Waals surface area contributed by atoms with Gasteiger partial charge in [0.25, 0.3) is 0 Å². The second kappa shape index (κ2) is 3.58. The molecule has 1 aliphatic rings. The third-order valence-corrected chi connectivity index (χ3v) is 3.82. The molecule has 2 N–H and O–H groups in total. The van der Waals surface area contributed by atoms with E-state index < -0.39 is 0 Å². The average molecular weight is 184 g/mol. The molecule has 13 heavy (non-hydrogen) atoms. The molecule has 1 aliphatic heterocycles. The topological polar surface area (TPSA) is 29.3 Å². The number of hydrogen-bond acceptors (Lipinski definition) is 2. The van der Waals surface area contributed by atoms with E-state index in [1.807, 2.05) is 0 Å². The van der Waals surface area contributed by atoms with Crippen molar-refractivity contribution in [3.63, 3.8) is 0 Å². The lowest BCUT2D eigenvalue weighted by Crippen LogP contribution is -2.58. The van der Waals surface area contributed by atoms with Gasteiger partial charge in [-0.15, -0.1) is 0 Å². The van der Waals surface area contributed by atoms with Gasteiger partial charge in [-0.3, -0.25) is 4.90 Å². The Kier molecular flexibility index (Phi) is 3.03. The molecule has 0 bridgehead atoms. The number of hydrogen-bond donors (Lipinski definition) is 1. The summed E-state index contributed by atoms with van der Waals surface area (Å²) in [5.41, 5.74) is 6.37. The SMILES string of the molecule is CC(C)(C)C(C)(CN)N1CCCC1. The van der Waals surface area contributed by atoms with Crippen LogP contribution >= 0.6 is 0 Å². The lowest BCUT2D eigenvalue weighted by atomic mass is 9.74. The highest BCUT2D eigenvalue weighted by Crippen LogP contribution is 2.36. The highest BCUT2D eigenvalue weighted by Gasteiger charge is 2.42. The summed E-state index contributed by atoms with van der Waals surface area (Å²) < 4.78 is 0. The van der Waals surface area contributed by atoms with Gasteiger partial charge in [-0.05, 0) is 38.3 Å². The van der Waals surface area contributed by atoms with Gasteiger partial charge in [0.2, 0.25) is 0 Å². The average Bonchev–Trinajstić information content (AvgIpc) is 2.52. The highest BCUT2D eigenvalue weighted by molar-refractivity contribution is 4.98. The molecule has 2 nitrogen and oxygen atoms in total. The summed E-state index contributed by atoms with van der Waals surface area (Å²) in [4.78, 5) is 2.56. The Balaban J connectivity index is 2.79. The zero-order valence-corrected chi connectivity index (χ0v) is 9.56. The third kappa shape index (κ3) is 1.89. The predicted molar refractivity (Wildman–Crippen MR) is 57.7 cm³/mol. The van der Waals surface area contributed by atoms with Crippen LogP contribution in [0.15, 0.2) is 0 Å². The maximum Gasteiger partial charge on any atom is 0.0351 e. The zero-order chi connectivity index (χ0) is 10.1. The molecule has 0 spiro atoms. The summed E-state index contributed by atoms with van der Waals surface area (Å²) in [5.74, 6) is 0. The van der Waals surface area contributed by atoms with Gasteiger partial charge in [0.15, 0.2) is 0 Å². The number of rotatable bonds is 2. The first-order valence-electron chi connectivity index (χ1n) is 5.37. The van der Waals surface area contributed by atoms with E-state index in [0.717, 1.165) is 6.54 Å². The van der Waals surface area contributed by atoms with E-state index in [4.69, 9.17) is 5.73 Å². The summed E-state index contributed by atoms with van der Waals surface area (Å²) in [6, 6.07) is 0. The third-order valence-electron chi connectivity index (χ3n) is 3.82. The van der Waals surface area contributed by atoms with Crippen LogP contribution < -0.4 is 5.73 Å². The Morgan fingerprint density at radius 1 is 1.08 bits per heavy atom. The number of nitrogens with zero attached hydrogens (tertiary/aromatic N) is 1. The summed E-state index contributed by atoms with van der Waals surface area (Å²) in [6.07, 6.45) is 2.68. The van der Waals surface area contributed by atoms with Gasteiger partial charge in [0, 0.05) is 12.1 Å². The standard InChI is InChI=1S/C11H24N2/c1-10(2,3)11(4,9-12)13-7-5-6-8-13/h5-9,12H2,1-4H3. The minimum atomic E-state index is 0.170. The van der Waals surface area contributed by atoms with Crippen LogP contribution in [0.5, 0.6) is 0 Å². The Bertz CT molecular complexity index is 165. The van der Waals surface area contributed by atoms with Crippen LogP contribution in [-0.4, -0.2) is 30.1 Å². The van der Waals surface area contributed by atoms with Crippen molar-refractivity contribution in [2.75, 3.05) is 19.6 Å². The summed E-state index contributed by atoms with van der Waals surface area (Å²) in [6.45, 7) is 12.4. The molecule has 0 saturated carbocycles. The fraction of sp³-hybridized carbons (Fsp3) is 1.00. The smallest absolute Gasteiger partial charge is 0.0351 e. The predicted octanol–water partition coefficient (Wildman–Crippen LogP) is 1.85. The molecule has 1 rings (SSSR count). The second-order valence-electron chi connectivity index (χ2n) is 5.42. The summed E-state index contributed by atoms with van der Waals surface area (Å²) in [7, 11) is 0. The molecule has 1 heterocycles. The van der Waals surface area contributed by atoms with Gasteiger partial charge < -0.3 is 5.73 Å².